The number of ether oxygens (including phenoxy) is 2. The molecule has 9 heteroatoms. The summed E-state index contributed by atoms with van der Waals surface area (Å²) in [4.78, 5) is 41.2. The second-order valence-corrected chi connectivity index (χ2v) is 7.70. The Morgan fingerprint density at radius 2 is 1.88 bits per heavy atom. The summed E-state index contributed by atoms with van der Waals surface area (Å²) >= 11 is 0. The lowest BCUT2D eigenvalue weighted by molar-refractivity contribution is -0.139. The monoisotopic (exact) mass is 457 g/mol. The van der Waals surface area contributed by atoms with Crippen molar-refractivity contribution in [1.82, 2.24) is 10.2 Å². The van der Waals surface area contributed by atoms with Gasteiger partial charge in [0.2, 0.25) is 17.7 Å². The molecule has 176 valence electrons. The van der Waals surface area contributed by atoms with E-state index in [0.29, 0.717) is 23.7 Å². The maximum absolute atomic E-state index is 13.1. The lowest BCUT2D eigenvalue weighted by atomic mass is 10.1. The van der Waals surface area contributed by atoms with Gasteiger partial charge in [0.05, 0.1) is 32.4 Å². The molecule has 3 amide bonds. The molecule has 1 aliphatic heterocycles. The first-order chi connectivity index (χ1) is 15.9. The van der Waals surface area contributed by atoms with E-state index >= 15 is 0 Å². The summed E-state index contributed by atoms with van der Waals surface area (Å²) in [5.41, 5.74) is 1.29. The summed E-state index contributed by atoms with van der Waals surface area (Å²) in [5.74, 6) is -0.627. The molecule has 2 aromatic rings. The van der Waals surface area contributed by atoms with Gasteiger partial charge < -0.3 is 24.6 Å². The van der Waals surface area contributed by atoms with Crippen LogP contribution in [0.2, 0.25) is 0 Å². The Balaban J connectivity index is 1.63. The van der Waals surface area contributed by atoms with Crippen LogP contribution in [0.3, 0.4) is 0 Å². The summed E-state index contributed by atoms with van der Waals surface area (Å²) in [6, 6.07) is 11.0. The lowest BCUT2D eigenvalue weighted by Gasteiger charge is -2.24. The standard InChI is InChI=1S/C24H28FN3O5/c1-4-27(15-22(29)26-13-16-5-7-18(25)8-6-16)24(31)17-11-23(30)28(14-17)20-12-19(32-2)9-10-21(20)33-3/h5-10,12,17H,4,11,13-15H2,1-3H3,(H,26,29). The van der Waals surface area contributed by atoms with Crippen LogP contribution in [0.25, 0.3) is 0 Å². The molecule has 0 radical (unpaired) electrons. The third-order valence-corrected chi connectivity index (χ3v) is 5.58. The molecule has 33 heavy (non-hydrogen) atoms. The first kappa shape index (κ1) is 24.0. The van der Waals surface area contributed by atoms with Crippen molar-refractivity contribution >= 4 is 23.4 Å². The molecule has 1 fully saturated rings. The first-order valence-electron chi connectivity index (χ1n) is 10.7. The van der Waals surface area contributed by atoms with Crippen molar-refractivity contribution in [1.29, 1.82) is 0 Å². The van der Waals surface area contributed by atoms with Crippen LogP contribution in [-0.2, 0) is 20.9 Å². The fourth-order valence-electron chi connectivity index (χ4n) is 3.75. The largest absolute Gasteiger partial charge is 0.497 e. The summed E-state index contributed by atoms with van der Waals surface area (Å²) < 4.78 is 23.6. The molecule has 0 aromatic heterocycles. The van der Waals surface area contributed by atoms with Gasteiger partial charge in [-0.05, 0) is 36.8 Å². The van der Waals surface area contributed by atoms with Crippen LogP contribution in [-0.4, -0.2) is 56.5 Å². The van der Waals surface area contributed by atoms with Gasteiger partial charge >= 0.3 is 0 Å². The van der Waals surface area contributed by atoms with Crippen LogP contribution in [0, 0.1) is 11.7 Å². The van der Waals surface area contributed by atoms with Gasteiger partial charge in [-0.2, -0.15) is 0 Å². The Morgan fingerprint density at radius 3 is 2.52 bits per heavy atom. The molecule has 8 nitrogen and oxygen atoms in total. The Labute approximate surface area is 192 Å². The quantitative estimate of drug-likeness (QED) is 0.625. The molecule has 0 bridgehead atoms. The molecule has 1 N–H and O–H groups in total. The molecule has 0 spiro atoms. The molecular weight excluding hydrogens is 429 g/mol. The van der Waals surface area contributed by atoms with Gasteiger partial charge in [-0.15, -0.1) is 0 Å². The maximum atomic E-state index is 13.1. The number of rotatable bonds is 9. The van der Waals surface area contributed by atoms with E-state index in [1.807, 2.05) is 0 Å². The van der Waals surface area contributed by atoms with E-state index in [9.17, 15) is 18.8 Å². The highest BCUT2D eigenvalue weighted by atomic mass is 19.1. The van der Waals surface area contributed by atoms with E-state index in [1.165, 1.54) is 36.2 Å². The number of methoxy groups -OCH3 is 2. The van der Waals surface area contributed by atoms with Crippen molar-refractivity contribution in [2.24, 2.45) is 5.92 Å². The zero-order chi connectivity index (χ0) is 24.0. The Bertz CT molecular complexity index is 1010. The third-order valence-electron chi connectivity index (χ3n) is 5.58. The summed E-state index contributed by atoms with van der Waals surface area (Å²) in [6.07, 6.45) is 0.0485. The van der Waals surface area contributed by atoms with E-state index < -0.39 is 5.92 Å². The smallest absolute Gasteiger partial charge is 0.239 e. The topological polar surface area (TPSA) is 88.2 Å². The number of benzene rings is 2. The number of hydrogen-bond donors (Lipinski definition) is 1. The normalized spacial score (nSPS) is 15.3. The van der Waals surface area contributed by atoms with Gasteiger partial charge in [0.1, 0.15) is 17.3 Å². The molecule has 1 saturated heterocycles. The van der Waals surface area contributed by atoms with Crippen molar-refractivity contribution in [3.05, 3.63) is 53.8 Å². The predicted octanol–water partition coefficient (Wildman–Crippen LogP) is 2.36. The van der Waals surface area contributed by atoms with Crippen molar-refractivity contribution < 1.29 is 28.2 Å². The number of carbonyl (C=O) groups excluding carboxylic acids is 3. The van der Waals surface area contributed by atoms with E-state index in [1.54, 1.807) is 37.3 Å². The fourth-order valence-corrected chi connectivity index (χ4v) is 3.75. The number of anilines is 1. The zero-order valence-electron chi connectivity index (χ0n) is 19.0. The third kappa shape index (κ3) is 5.79. The minimum absolute atomic E-state index is 0.0485. The van der Waals surface area contributed by atoms with Crippen LogP contribution in [0.4, 0.5) is 10.1 Å². The molecule has 1 unspecified atom stereocenters. The van der Waals surface area contributed by atoms with E-state index in [4.69, 9.17) is 9.47 Å². The summed E-state index contributed by atoms with van der Waals surface area (Å²) in [6.45, 7) is 2.41. The Hall–Kier alpha value is -3.62. The van der Waals surface area contributed by atoms with Gasteiger partial charge in [-0.25, -0.2) is 4.39 Å². The number of nitrogens with one attached hydrogen (secondary N) is 1. The fraction of sp³-hybridized carbons (Fsp3) is 0.375. The predicted molar refractivity (Wildman–Crippen MR) is 121 cm³/mol. The highest BCUT2D eigenvalue weighted by Crippen LogP contribution is 2.36. The van der Waals surface area contributed by atoms with E-state index in [-0.39, 0.29) is 49.6 Å². The minimum Gasteiger partial charge on any atom is -0.497 e. The first-order valence-corrected chi connectivity index (χ1v) is 10.7. The van der Waals surface area contributed by atoms with Crippen molar-refractivity contribution in [2.45, 2.75) is 19.9 Å². The molecule has 1 atom stereocenters. The molecule has 0 saturated carbocycles. The van der Waals surface area contributed by atoms with Gasteiger partial charge in [0.15, 0.2) is 0 Å². The number of halogens is 1. The number of hydrogen-bond acceptors (Lipinski definition) is 5. The van der Waals surface area contributed by atoms with Crippen LogP contribution in [0.1, 0.15) is 18.9 Å². The average Bonchev–Trinajstić information content (AvgIpc) is 3.22. The van der Waals surface area contributed by atoms with Gasteiger partial charge in [-0.1, -0.05) is 12.1 Å². The van der Waals surface area contributed by atoms with Crippen LogP contribution in [0.5, 0.6) is 11.5 Å². The van der Waals surface area contributed by atoms with E-state index in [0.717, 1.165) is 5.56 Å². The molecular formula is C24H28FN3O5. The number of carbonyl (C=O) groups is 3. The zero-order valence-corrected chi connectivity index (χ0v) is 19.0. The number of amides is 3. The molecule has 1 heterocycles. The minimum atomic E-state index is -0.571. The van der Waals surface area contributed by atoms with Crippen LogP contribution >= 0.6 is 0 Å². The summed E-state index contributed by atoms with van der Waals surface area (Å²) in [5, 5.41) is 2.74. The molecule has 1 aliphatic rings. The number of likely N-dealkylation sites (N-methyl/N-ethyl adjacent to an activating group) is 1. The highest BCUT2D eigenvalue weighted by Gasteiger charge is 2.38. The van der Waals surface area contributed by atoms with Crippen molar-refractivity contribution in [2.75, 3.05) is 38.8 Å². The van der Waals surface area contributed by atoms with Crippen molar-refractivity contribution in [3.8, 4) is 11.5 Å². The SMILES string of the molecule is CCN(CC(=O)NCc1ccc(F)cc1)C(=O)C1CC(=O)N(c2cc(OC)ccc2OC)C1. The second kappa shape index (κ2) is 10.8. The Morgan fingerprint density at radius 1 is 1.15 bits per heavy atom. The molecule has 3 rings (SSSR count). The average molecular weight is 458 g/mol. The van der Waals surface area contributed by atoms with Gasteiger partial charge in [0.25, 0.3) is 0 Å². The van der Waals surface area contributed by atoms with Gasteiger partial charge in [0, 0.05) is 32.1 Å². The number of nitrogens with zero attached hydrogens (tertiary/aromatic N) is 2. The Kier molecular flexibility index (Phi) is 7.87. The lowest BCUT2D eigenvalue weighted by Crippen LogP contribution is -2.43. The summed E-state index contributed by atoms with van der Waals surface area (Å²) in [7, 11) is 3.04. The van der Waals surface area contributed by atoms with E-state index in [2.05, 4.69) is 5.32 Å². The van der Waals surface area contributed by atoms with Crippen molar-refractivity contribution in [3.63, 3.8) is 0 Å². The van der Waals surface area contributed by atoms with Crippen LogP contribution in [0.15, 0.2) is 42.5 Å². The maximum Gasteiger partial charge on any atom is 0.239 e. The van der Waals surface area contributed by atoms with Gasteiger partial charge in [-0.3, -0.25) is 14.4 Å². The molecule has 2 aromatic carbocycles. The highest BCUT2D eigenvalue weighted by molar-refractivity contribution is 6.01. The molecule has 0 aliphatic carbocycles. The second-order valence-electron chi connectivity index (χ2n) is 7.70. The van der Waals surface area contributed by atoms with Crippen LogP contribution < -0.4 is 19.7 Å².